The maximum Gasteiger partial charge on any atom is 0.231 e. The van der Waals surface area contributed by atoms with Gasteiger partial charge in [-0.3, -0.25) is 9.48 Å². The molecule has 154 valence electrons. The van der Waals surface area contributed by atoms with E-state index in [0.29, 0.717) is 28.5 Å². The molecule has 0 aliphatic carbocycles. The van der Waals surface area contributed by atoms with Crippen LogP contribution in [0.2, 0.25) is 0 Å². The van der Waals surface area contributed by atoms with Gasteiger partial charge in [0.2, 0.25) is 6.79 Å². The predicted octanol–water partition coefficient (Wildman–Crippen LogP) is 3.43. The third kappa shape index (κ3) is 3.32. The van der Waals surface area contributed by atoms with Gasteiger partial charge in [-0.2, -0.15) is 5.10 Å². The van der Waals surface area contributed by atoms with Crippen molar-refractivity contribution in [2.24, 2.45) is 7.05 Å². The fourth-order valence-electron chi connectivity index (χ4n) is 3.32. The van der Waals surface area contributed by atoms with E-state index in [1.165, 1.54) is 20.3 Å². The number of allylic oxidation sites excluding steroid dienone is 1. The van der Waals surface area contributed by atoms with Crippen molar-refractivity contribution < 1.29 is 28.8 Å². The van der Waals surface area contributed by atoms with Crippen molar-refractivity contribution in [3.05, 3.63) is 53.7 Å². The van der Waals surface area contributed by atoms with Gasteiger partial charge in [0.15, 0.2) is 17.3 Å². The molecule has 30 heavy (non-hydrogen) atoms. The van der Waals surface area contributed by atoms with Gasteiger partial charge in [0, 0.05) is 19.3 Å². The van der Waals surface area contributed by atoms with Gasteiger partial charge in [-0.05, 0) is 29.8 Å². The molecule has 3 aromatic rings. The van der Waals surface area contributed by atoms with Crippen molar-refractivity contribution >= 4 is 11.9 Å². The number of hydrogen-bond donors (Lipinski definition) is 1. The molecule has 4 rings (SSSR count). The number of aromatic nitrogens is 2. The third-order valence-electron chi connectivity index (χ3n) is 4.82. The summed E-state index contributed by atoms with van der Waals surface area (Å²) >= 11 is 0. The first kappa shape index (κ1) is 19.4. The van der Waals surface area contributed by atoms with E-state index < -0.39 is 5.78 Å². The van der Waals surface area contributed by atoms with Crippen LogP contribution in [0.15, 0.2) is 42.6 Å². The maximum atomic E-state index is 13.0. The second kappa shape index (κ2) is 7.82. The molecule has 1 aliphatic heterocycles. The Hall–Kier alpha value is -3.94. The Labute approximate surface area is 172 Å². The highest BCUT2D eigenvalue weighted by Gasteiger charge is 2.25. The quantitative estimate of drug-likeness (QED) is 0.493. The highest BCUT2D eigenvalue weighted by atomic mass is 16.7. The van der Waals surface area contributed by atoms with Gasteiger partial charge in [0.05, 0.1) is 25.5 Å². The first-order valence-electron chi connectivity index (χ1n) is 9.12. The summed E-state index contributed by atoms with van der Waals surface area (Å²) in [6, 6.07) is 8.66. The molecular formula is C22H20N2O6. The van der Waals surface area contributed by atoms with Gasteiger partial charge in [0.25, 0.3) is 0 Å². The SMILES string of the molecule is COc1cc(OC)c(-c2ccnn2C)c(O)c1C(=O)/C=C/c1ccc2c(c1)OCO2. The zero-order valence-electron chi connectivity index (χ0n) is 16.7. The average Bonchev–Trinajstić information content (AvgIpc) is 3.39. The molecular weight excluding hydrogens is 388 g/mol. The number of benzene rings is 2. The molecule has 2 heterocycles. The molecule has 8 nitrogen and oxygen atoms in total. The van der Waals surface area contributed by atoms with Gasteiger partial charge in [0.1, 0.15) is 22.8 Å². The number of aromatic hydroxyl groups is 1. The maximum absolute atomic E-state index is 13.0. The minimum absolute atomic E-state index is 0.0338. The lowest BCUT2D eigenvalue weighted by atomic mass is 9.99. The molecule has 0 radical (unpaired) electrons. The van der Waals surface area contributed by atoms with Crippen molar-refractivity contribution in [1.82, 2.24) is 9.78 Å². The number of aryl methyl sites for hydroxylation is 1. The van der Waals surface area contributed by atoms with E-state index in [4.69, 9.17) is 18.9 Å². The molecule has 0 atom stereocenters. The fraction of sp³-hybridized carbons (Fsp3) is 0.182. The van der Waals surface area contributed by atoms with Crippen molar-refractivity contribution in [3.63, 3.8) is 0 Å². The molecule has 0 spiro atoms. The first-order valence-corrected chi connectivity index (χ1v) is 9.12. The van der Waals surface area contributed by atoms with Crippen LogP contribution in [0.5, 0.6) is 28.7 Å². The molecule has 8 heteroatoms. The number of ketones is 1. The monoisotopic (exact) mass is 408 g/mol. The number of ether oxygens (including phenoxy) is 4. The number of rotatable bonds is 6. The summed E-state index contributed by atoms with van der Waals surface area (Å²) in [5.41, 5.74) is 1.75. The second-order valence-electron chi connectivity index (χ2n) is 6.53. The Kier molecular flexibility index (Phi) is 5.05. The Balaban J connectivity index is 1.75. The van der Waals surface area contributed by atoms with E-state index in [0.717, 1.165) is 5.56 Å². The highest BCUT2D eigenvalue weighted by Crippen LogP contribution is 2.45. The largest absolute Gasteiger partial charge is 0.506 e. The minimum atomic E-state index is -0.423. The lowest BCUT2D eigenvalue weighted by Crippen LogP contribution is -2.04. The number of carbonyl (C=O) groups excluding carboxylic acids is 1. The Morgan fingerprint density at radius 2 is 1.90 bits per heavy atom. The molecule has 0 fully saturated rings. The van der Waals surface area contributed by atoms with Crippen LogP contribution >= 0.6 is 0 Å². The normalized spacial score (nSPS) is 12.4. The summed E-state index contributed by atoms with van der Waals surface area (Å²) in [5.74, 6) is 1.19. The highest BCUT2D eigenvalue weighted by molar-refractivity contribution is 6.12. The van der Waals surface area contributed by atoms with Crippen LogP contribution in [0.4, 0.5) is 0 Å². The molecule has 1 N–H and O–H groups in total. The summed E-state index contributed by atoms with van der Waals surface area (Å²) in [7, 11) is 4.64. The van der Waals surface area contributed by atoms with Crippen LogP contribution in [0.25, 0.3) is 17.3 Å². The summed E-state index contributed by atoms with van der Waals surface area (Å²) in [6.07, 6.45) is 4.60. The molecule has 0 amide bonds. The Morgan fingerprint density at radius 3 is 2.60 bits per heavy atom. The van der Waals surface area contributed by atoms with E-state index in [1.807, 2.05) is 6.07 Å². The average molecular weight is 408 g/mol. The van der Waals surface area contributed by atoms with Crippen LogP contribution in [-0.4, -0.2) is 41.7 Å². The molecule has 0 saturated heterocycles. The van der Waals surface area contributed by atoms with Crippen LogP contribution in [-0.2, 0) is 7.05 Å². The zero-order valence-corrected chi connectivity index (χ0v) is 16.7. The summed E-state index contributed by atoms with van der Waals surface area (Å²) < 4.78 is 23.0. The Bertz CT molecular complexity index is 1150. The van der Waals surface area contributed by atoms with Crippen molar-refractivity contribution in [2.45, 2.75) is 0 Å². The molecule has 1 aromatic heterocycles. The topological polar surface area (TPSA) is 92.0 Å². The number of fused-ring (bicyclic) bond motifs is 1. The number of phenolic OH excluding ortho intramolecular Hbond substituents is 1. The van der Waals surface area contributed by atoms with E-state index in [9.17, 15) is 9.90 Å². The molecule has 2 aromatic carbocycles. The first-order chi connectivity index (χ1) is 14.5. The van der Waals surface area contributed by atoms with Gasteiger partial charge < -0.3 is 24.1 Å². The van der Waals surface area contributed by atoms with Gasteiger partial charge >= 0.3 is 0 Å². The summed E-state index contributed by atoms with van der Waals surface area (Å²) in [5, 5.41) is 15.1. The minimum Gasteiger partial charge on any atom is -0.506 e. The van der Waals surface area contributed by atoms with Crippen molar-refractivity contribution in [1.29, 1.82) is 0 Å². The predicted molar refractivity (Wildman–Crippen MR) is 109 cm³/mol. The number of phenols is 1. The van der Waals surface area contributed by atoms with Gasteiger partial charge in [-0.1, -0.05) is 12.1 Å². The molecule has 1 aliphatic rings. The van der Waals surface area contributed by atoms with Crippen molar-refractivity contribution in [2.75, 3.05) is 21.0 Å². The fourth-order valence-corrected chi connectivity index (χ4v) is 3.32. The smallest absolute Gasteiger partial charge is 0.231 e. The number of carbonyl (C=O) groups is 1. The van der Waals surface area contributed by atoms with Gasteiger partial charge in [-0.25, -0.2) is 0 Å². The number of methoxy groups -OCH3 is 2. The lowest BCUT2D eigenvalue weighted by Gasteiger charge is -2.16. The van der Waals surface area contributed by atoms with E-state index >= 15 is 0 Å². The zero-order chi connectivity index (χ0) is 21.3. The molecule has 0 unspecified atom stereocenters. The third-order valence-corrected chi connectivity index (χ3v) is 4.82. The van der Waals surface area contributed by atoms with Crippen LogP contribution in [0.3, 0.4) is 0 Å². The lowest BCUT2D eigenvalue weighted by molar-refractivity contribution is 0.104. The van der Waals surface area contributed by atoms with E-state index in [-0.39, 0.29) is 23.9 Å². The number of hydrogen-bond acceptors (Lipinski definition) is 7. The molecule has 0 bridgehead atoms. The Morgan fingerprint density at radius 1 is 1.13 bits per heavy atom. The second-order valence-corrected chi connectivity index (χ2v) is 6.53. The van der Waals surface area contributed by atoms with E-state index in [1.54, 1.807) is 48.3 Å². The van der Waals surface area contributed by atoms with Crippen LogP contribution in [0, 0.1) is 0 Å². The summed E-state index contributed by atoms with van der Waals surface area (Å²) in [6.45, 7) is 0.176. The van der Waals surface area contributed by atoms with Gasteiger partial charge in [-0.15, -0.1) is 0 Å². The number of nitrogens with zero attached hydrogens (tertiary/aromatic N) is 2. The van der Waals surface area contributed by atoms with Crippen molar-refractivity contribution in [3.8, 4) is 40.0 Å². The molecule has 0 saturated carbocycles. The van der Waals surface area contributed by atoms with Crippen LogP contribution < -0.4 is 18.9 Å². The van der Waals surface area contributed by atoms with Crippen LogP contribution in [0.1, 0.15) is 15.9 Å². The van der Waals surface area contributed by atoms with E-state index in [2.05, 4.69) is 5.10 Å². The summed E-state index contributed by atoms with van der Waals surface area (Å²) in [4.78, 5) is 13.0. The standard InChI is InChI=1S/C22H20N2O6/c1-24-14(8-9-23-24)20-18(27-2)11-19(28-3)21(22(20)26)15(25)6-4-13-5-7-16-17(10-13)30-12-29-16/h4-11,26H,12H2,1-3H3/b6-4+.